The molecule has 7 nitrogen and oxygen atoms in total. The Morgan fingerprint density at radius 1 is 1.11 bits per heavy atom. The second-order valence-electron chi connectivity index (χ2n) is 6.54. The van der Waals surface area contributed by atoms with E-state index >= 15 is 0 Å². The van der Waals surface area contributed by atoms with E-state index in [1.807, 2.05) is 38.1 Å². The van der Waals surface area contributed by atoms with Crippen LogP contribution in [0.15, 0.2) is 47.6 Å². The van der Waals surface area contributed by atoms with E-state index < -0.39 is 22.5 Å². The molecule has 150 valence electrons. The molecule has 0 heterocycles. The smallest absolute Gasteiger partial charge is 0.260 e. The van der Waals surface area contributed by atoms with Crippen LogP contribution in [-0.4, -0.2) is 39.9 Å². The SMILES string of the molecule is COc1ccc(C)cc1N(CC(=O)N/N=C(/C)c1ccc(C)cc1)S(C)(=O)=O. The first-order chi connectivity index (χ1) is 13.1. The van der Waals surface area contributed by atoms with Gasteiger partial charge in [0.2, 0.25) is 10.0 Å². The van der Waals surface area contributed by atoms with Crippen molar-refractivity contribution in [2.24, 2.45) is 5.10 Å². The van der Waals surface area contributed by atoms with Gasteiger partial charge in [-0.15, -0.1) is 0 Å². The number of hydrogen-bond donors (Lipinski definition) is 1. The highest BCUT2D eigenvalue weighted by Crippen LogP contribution is 2.30. The zero-order chi connectivity index (χ0) is 20.9. The lowest BCUT2D eigenvalue weighted by Gasteiger charge is -2.23. The van der Waals surface area contributed by atoms with Crippen LogP contribution in [0.2, 0.25) is 0 Å². The predicted molar refractivity (Wildman–Crippen MR) is 111 cm³/mol. The van der Waals surface area contributed by atoms with E-state index in [9.17, 15) is 13.2 Å². The average molecular weight is 404 g/mol. The molecular weight excluding hydrogens is 378 g/mol. The van der Waals surface area contributed by atoms with Gasteiger partial charge in [-0.2, -0.15) is 5.10 Å². The highest BCUT2D eigenvalue weighted by Gasteiger charge is 2.24. The molecule has 1 amide bonds. The molecule has 0 aromatic heterocycles. The van der Waals surface area contributed by atoms with Gasteiger partial charge < -0.3 is 4.74 Å². The van der Waals surface area contributed by atoms with Crippen molar-refractivity contribution in [3.05, 3.63) is 59.2 Å². The monoisotopic (exact) mass is 403 g/mol. The molecule has 0 bridgehead atoms. The number of nitrogens with zero attached hydrogens (tertiary/aromatic N) is 2. The first-order valence-electron chi connectivity index (χ1n) is 8.64. The predicted octanol–water partition coefficient (Wildman–Crippen LogP) is 2.62. The maximum Gasteiger partial charge on any atom is 0.260 e. The number of hydrazone groups is 1. The number of anilines is 1. The van der Waals surface area contributed by atoms with Crippen molar-refractivity contribution in [2.45, 2.75) is 20.8 Å². The van der Waals surface area contributed by atoms with E-state index in [2.05, 4.69) is 10.5 Å². The number of hydrogen-bond acceptors (Lipinski definition) is 5. The second kappa shape index (κ2) is 8.88. The number of rotatable bonds is 7. The van der Waals surface area contributed by atoms with Crippen LogP contribution in [-0.2, 0) is 14.8 Å². The molecule has 0 unspecified atom stereocenters. The summed E-state index contributed by atoms with van der Waals surface area (Å²) >= 11 is 0. The van der Waals surface area contributed by atoms with E-state index in [0.29, 0.717) is 17.1 Å². The van der Waals surface area contributed by atoms with Gasteiger partial charge in [0.1, 0.15) is 12.3 Å². The Hall–Kier alpha value is -2.87. The summed E-state index contributed by atoms with van der Waals surface area (Å²) in [6.07, 6.45) is 1.04. The van der Waals surface area contributed by atoms with Crippen molar-refractivity contribution in [3.63, 3.8) is 0 Å². The topological polar surface area (TPSA) is 88.1 Å². The van der Waals surface area contributed by atoms with Crippen LogP contribution in [0.1, 0.15) is 23.6 Å². The van der Waals surface area contributed by atoms with Crippen LogP contribution in [0.3, 0.4) is 0 Å². The van der Waals surface area contributed by atoms with E-state index in [1.165, 1.54) is 7.11 Å². The zero-order valence-corrected chi connectivity index (χ0v) is 17.5. The first kappa shape index (κ1) is 21.4. The lowest BCUT2D eigenvalue weighted by atomic mass is 10.1. The number of nitrogens with one attached hydrogen (secondary N) is 1. The molecule has 0 atom stereocenters. The summed E-state index contributed by atoms with van der Waals surface area (Å²) in [6.45, 7) is 5.17. The number of aryl methyl sites for hydroxylation is 2. The van der Waals surface area contributed by atoms with Gasteiger partial charge in [0.05, 0.1) is 24.8 Å². The second-order valence-corrected chi connectivity index (χ2v) is 8.45. The molecule has 2 rings (SSSR count). The fourth-order valence-corrected chi connectivity index (χ4v) is 3.40. The minimum absolute atomic E-state index is 0.305. The maximum absolute atomic E-state index is 12.4. The molecule has 0 aliphatic rings. The van der Waals surface area contributed by atoms with E-state index in [0.717, 1.165) is 27.3 Å². The third-order valence-electron chi connectivity index (χ3n) is 4.11. The van der Waals surface area contributed by atoms with Crippen molar-refractivity contribution in [3.8, 4) is 5.75 Å². The van der Waals surface area contributed by atoms with Crippen molar-refractivity contribution in [1.82, 2.24) is 5.43 Å². The Balaban J connectivity index is 2.22. The third kappa shape index (κ3) is 5.56. The van der Waals surface area contributed by atoms with Gasteiger partial charge >= 0.3 is 0 Å². The Morgan fingerprint density at radius 2 is 1.71 bits per heavy atom. The summed E-state index contributed by atoms with van der Waals surface area (Å²) in [5.41, 5.74) is 6.18. The van der Waals surface area contributed by atoms with Crippen LogP contribution in [0.5, 0.6) is 5.75 Å². The Bertz CT molecular complexity index is 983. The fourth-order valence-electron chi connectivity index (χ4n) is 2.55. The summed E-state index contributed by atoms with van der Waals surface area (Å²) in [6, 6.07) is 12.8. The molecule has 1 N–H and O–H groups in total. The molecule has 2 aromatic rings. The van der Waals surface area contributed by atoms with Gasteiger partial charge in [0.15, 0.2) is 0 Å². The van der Waals surface area contributed by atoms with Crippen molar-refractivity contribution >= 4 is 27.3 Å². The molecule has 0 radical (unpaired) electrons. The van der Waals surface area contributed by atoms with Gasteiger partial charge in [-0.25, -0.2) is 13.8 Å². The first-order valence-corrected chi connectivity index (χ1v) is 10.5. The molecular formula is C20H25N3O4S. The Labute approximate surface area is 166 Å². The van der Waals surface area contributed by atoms with E-state index in [-0.39, 0.29) is 0 Å². The number of sulfonamides is 1. The lowest BCUT2D eigenvalue weighted by Crippen LogP contribution is -2.39. The number of carbonyl (C=O) groups is 1. The third-order valence-corrected chi connectivity index (χ3v) is 5.23. The van der Waals surface area contributed by atoms with Gasteiger partial charge in [-0.05, 0) is 44.0 Å². The molecule has 0 fully saturated rings. The van der Waals surface area contributed by atoms with Gasteiger partial charge in [-0.1, -0.05) is 35.9 Å². The minimum atomic E-state index is -3.71. The van der Waals surface area contributed by atoms with Crippen LogP contribution in [0, 0.1) is 13.8 Å². The van der Waals surface area contributed by atoms with Crippen LogP contribution in [0.4, 0.5) is 5.69 Å². The highest BCUT2D eigenvalue weighted by atomic mass is 32.2. The van der Waals surface area contributed by atoms with Crippen molar-refractivity contribution in [1.29, 1.82) is 0 Å². The molecule has 8 heteroatoms. The van der Waals surface area contributed by atoms with Crippen LogP contribution >= 0.6 is 0 Å². The molecule has 0 spiro atoms. The Morgan fingerprint density at radius 3 is 2.29 bits per heavy atom. The largest absolute Gasteiger partial charge is 0.495 e. The van der Waals surface area contributed by atoms with Crippen LogP contribution in [0.25, 0.3) is 0 Å². The number of methoxy groups -OCH3 is 1. The standard InChI is InChI=1S/C20H25N3O4S/c1-14-6-9-17(10-7-14)16(3)21-22-20(24)13-23(28(5,25)26)18-12-15(2)8-11-19(18)27-4/h6-12H,13H2,1-5H3,(H,22,24)/b21-16-. The normalized spacial score (nSPS) is 11.8. The zero-order valence-electron chi connectivity index (χ0n) is 16.7. The van der Waals surface area contributed by atoms with Gasteiger partial charge in [-0.3, -0.25) is 9.10 Å². The molecule has 0 aliphatic heterocycles. The Kier molecular flexibility index (Phi) is 6.80. The summed E-state index contributed by atoms with van der Waals surface area (Å²) in [5, 5.41) is 4.08. The fraction of sp³-hybridized carbons (Fsp3) is 0.300. The maximum atomic E-state index is 12.4. The molecule has 28 heavy (non-hydrogen) atoms. The molecule has 2 aromatic carbocycles. The molecule has 0 saturated carbocycles. The number of benzene rings is 2. The molecule has 0 aliphatic carbocycles. The summed E-state index contributed by atoms with van der Waals surface area (Å²) in [7, 11) is -2.27. The van der Waals surface area contributed by atoms with E-state index in [4.69, 9.17) is 4.74 Å². The number of carbonyl (C=O) groups excluding carboxylic acids is 1. The average Bonchev–Trinajstić information content (AvgIpc) is 2.63. The minimum Gasteiger partial charge on any atom is -0.495 e. The van der Waals surface area contributed by atoms with Gasteiger partial charge in [0.25, 0.3) is 5.91 Å². The van der Waals surface area contributed by atoms with E-state index in [1.54, 1.807) is 25.1 Å². The van der Waals surface area contributed by atoms with Gasteiger partial charge in [0, 0.05) is 0 Å². The quantitative estimate of drug-likeness (QED) is 0.569. The number of ether oxygens (including phenoxy) is 1. The summed E-state index contributed by atoms with van der Waals surface area (Å²) in [4.78, 5) is 12.4. The van der Waals surface area contributed by atoms with Crippen molar-refractivity contribution in [2.75, 3.05) is 24.2 Å². The number of amides is 1. The van der Waals surface area contributed by atoms with Crippen LogP contribution < -0.4 is 14.5 Å². The molecule has 0 saturated heterocycles. The summed E-state index contributed by atoms with van der Waals surface area (Å²) in [5.74, 6) is -0.191. The summed E-state index contributed by atoms with van der Waals surface area (Å²) < 4.78 is 30.8. The van der Waals surface area contributed by atoms with Crippen molar-refractivity contribution < 1.29 is 17.9 Å². The lowest BCUT2D eigenvalue weighted by molar-refractivity contribution is -0.119. The highest BCUT2D eigenvalue weighted by molar-refractivity contribution is 7.92.